The lowest BCUT2D eigenvalue weighted by atomic mass is 9.94. The van der Waals surface area contributed by atoms with Gasteiger partial charge in [0.05, 0.1) is 36.4 Å². The third-order valence-corrected chi connectivity index (χ3v) is 5.95. The van der Waals surface area contributed by atoms with E-state index in [-0.39, 0.29) is 33.2 Å². The molecule has 0 bridgehead atoms. The molecule has 3 aromatic rings. The largest absolute Gasteiger partial charge is 0.507 e. The lowest BCUT2D eigenvalue weighted by Crippen LogP contribution is -2.29. The van der Waals surface area contributed by atoms with Gasteiger partial charge in [-0.2, -0.15) is 0 Å². The highest BCUT2D eigenvalue weighted by Gasteiger charge is 2.48. The number of rotatable bonds is 5. The Labute approximate surface area is 200 Å². The minimum absolute atomic E-state index is 0.0599. The molecule has 3 aromatic carbocycles. The van der Waals surface area contributed by atoms with Crippen molar-refractivity contribution in [3.8, 4) is 11.5 Å². The summed E-state index contributed by atoms with van der Waals surface area (Å²) in [6.45, 7) is 1.84. The zero-order chi connectivity index (χ0) is 24.6. The quantitative estimate of drug-likeness (QED) is 0.299. The molecule has 1 N–H and O–H groups in total. The molecule has 0 saturated carbocycles. The number of carbonyl (C=O) groups excluding carboxylic acids is 2. The van der Waals surface area contributed by atoms with Crippen LogP contribution in [0.2, 0.25) is 5.02 Å². The van der Waals surface area contributed by atoms with Gasteiger partial charge in [0.25, 0.3) is 11.7 Å². The maximum Gasteiger partial charge on any atom is 0.300 e. The first-order valence-electron chi connectivity index (χ1n) is 10.3. The van der Waals surface area contributed by atoms with Gasteiger partial charge in [-0.3, -0.25) is 14.5 Å². The third-order valence-electron chi connectivity index (χ3n) is 5.65. The molecule has 0 spiro atoms. The van der Waals surface area contributed by atoms with Crippen LogP contribution in [0.15, 0.2) is 66.2 Å². The number of hydrogen-bond acceptors (Lipinski definition) is 5. The van der Waals surface area contributed by atoms with Gasteiger partial charge in [0.1, 0.15) is 23.1 Å². The number of anilines is 1. The highest BCUT2D eigenvalue weighted by atomic mass is 35.5. The molecule has 0 aliphatic carbocycles. The zero-order valence-corrected chi connectivity index (χ0v) is 19.4. The van der Waals surface area contributed by atoms with Gasteiger partial charge in [-0.1, -0.05) is 41.9 Å². The third kappa shape index (κ3) is 3.88. The smallest absolute Gasteiger partial charge is 0.300 e. The Hall–Kier alpha value is -3.84. The Kier molecular flexibility index (Phi) is 6.30. The molecule has 1 aliphatic heterocycles. The average Bonchev–Trinajstić information content (AvgIpc) is 3.09. The number of methoxy groups -OCH3 is 2. The first-order chi connectivity index (χ1) is 16.3. The number of ether oxygens (including phenoxy) is 2. The van der Waals surface area contributed by atoms with Gasteiger partial charge in [-0.25, -0.2) is 4.39 Å². The van der Waals surface area contributed by atoms with Crippen molar-refractivity contribution in [2.24, 2.45) is 0 Å². The van der Waals surface area contributed by atoms with Crippen LogP contribution in [0.4, 0.5) is 10.1 Å². The van der Waals surface area contributed by atoms with Crippen molar-refractivity contribution in [1.82, 2.24) is 0 Å². The van der Waals surface area contributed by atoms with Crippen LogP contribution in [0, 0.1) is 12.7 Å². The van der Waals surface area contributed by atoms with E-state index in [1.807, 2.05) is 13.0 Å². The molecule has 0 aromatic heterocycles. The molecule has 1 fully saturated rings. The standard InChI is InChI=1S/C26H21ClFNO5/c1-14-7-6-8-15(11-14)29-23(16-9-4-5-10-19(16)28)22(25(31)26(29)32)24(30)17-12-21(34-3)18(27)13-20(17)33-2/h4-13,23,30H,1-3H3/b24-22+. The number of aliphatic hydroxyl groups is 1. The molecule has 1 amide bonds. The van der Waals surface area contributed by atoms with Crippen molar-refractivity contribution in [2.75, 3.05) is 19.1 Å². The zero-order valence-electron chi connectivity index (χ0n) is 18.6. The second-order valence-corrected chi connectivity index (χ2v) is 8.12. The van der Waals surface area contributed by atoms with Crippen molar-refractivity contribution in [3.05, 3.63) is 93.8 Å². The number of aliphatic hydroxyl groups excluding tert-OH is 1. The number of ketones is 1. The van der Waals surface area contributed by atoms with Gasteiger partial charge in [-0.15, -0.1) is 0 Å². The topological polar surface area (TPSA) is 76.1 Å². The van der Waals surface area contributed by atoms with Gasteiger partial charge in [0, 0.05) is 17.3 Å². The summed E-state index contributed by atoms with van der Waals surface area (Å²) in [6.07, 6.45) is 0. The highest BCUT2D eigenvalue weighted by Crippen LogP contribution is 2.45. The Bertz CT molecular complexity index is 1340. The van der Waals surface area contributed by atoms with E-state index in [4.69, 9.17) is 21.1 Å². The van der Waals surface area contributed by atoms with Crippen molar-refractivity contribution >= 4 is 34.7 Å². The van der Waals surface area contributed by atoms with Gasteiger partial charge in [0.2, 0.25) is 0 Å². The molecule has 4 rings (SSSR count). The van der Waals surface area contributed by atoms with E-state index < -0.39 is 29.3 Å². The normalized spacial score (nSPS) is 17.2. The molecule has 1 atom stereocenters. The number of nitrogens with zero attached hydrogens (tertiary/aromatic N) is 1. The van der Waals surface area contributed by atoms with E-state index in [0.29, 0.717) is 5.69 Å². The predicted molar refractivity (Wildman–Crippen MR) is 127 cm³/mol. The number of amides is 1. The second kappa shape index (κ2) is 9.19. The summed E-state index contributed by atoms with van der Waals surface area (Å²) in [5.74, 6) is -2.63. The fourth-order valence-corrected chi connectivity index (χ4v) is 4.29. The minimum Gasteiger partial charge on any atom is -0.507 e. The Balaban J connectivity index is 2.03. The number of aryl methyl sites for hydroxylation is 1. The molecule has 1 unspecified atom stereocenters. The Morgan fingerprint density at radius 1 is 1.00 bits per heavy atom. The van der Waals surface area contributed by atoms with Crippen molar-refractivity contribution in [3.63, 3.8) is 0 Å². The van der Waals surface area contributed by atoms with Crippen LogP contribution in [0.3, 0.4) is 0 Å². The van der Waals surface area contributed by atoms with Gasteiger partial charge < -0.3 is 14.6 Å². The molecule has 8 heteroatoms. The van der Waals surface area contributed by atoms with E-state index in [0.717, 1.165) is 5.56 Å². The van der Waals surface area contributed by atoms with Crippen LogP contribution in [-0.4, -0.2) is 31.0 Å². The predicted octanol–water partition coefficient (Wildman–Crippen LogP) is 5.43. The number of halogens is 2. The molecule has 1 aliphatic rings. The summed E-state index contributed by atoms with van der Waals surface area (Å²) in [5.41, 5.74) is 1.10. The summed E-state index contributed by atoms with van der Waals surface area (Å²) >= 11 is 6.18. The van der Waals surface area contributed by atoms with Gasteiger partial charge in [0.15, 0.2) is 0 Å². The van der Waals surface area contributed by atoms with Crippen molar-refractivity contribution in [1.29, 1.82) is 0 Å². The van der Waals surface area contributed by atoms with E-state index in [2.05, 4.69) is 0 Å². The first-order valence-corrected chi connectivity index (χ1v) is 10.7. The van der Waals surface area contributed by atoms with Crippen molar-refractivity contribution < 1.29 is 28.6 Å². The number of hydrogen-bond donors (Lipinski definition) is 1. The number of Topliss-reactive ketones (excluding diaryl/α,β-unsaturated/α-hetero) is 1. The van der Waals surface area contributed by atoms with Crippen molar-refractivity contribution in [2.45, 2.75) is 13.0 Å². The van der Waals surface area contributed by atoms with Crippen LogP contribution < -0.4 is 14.4 Å². The maximum absolute atomic E-state index is 15.0. The van der Waals surface area contributed by atoms with Crippen LogP contribution in [0.25, 0.3) is 5.76 Å². The van der Waals surface area contributed by atoms with E-state index in [9.17, 15) is 14.7 Å². The van der Waals surface area contributed by atoms with Crippen LogP contribution in [-0.2, 0) is 9.59 Å². The molecule has 0 radical (unpaired) electrons. The Morgan fingerprint density at radius 3 is 2.35 bits per heavy atom. The second-order valence-electron chi connectivity index (χ2n) is 7.72. The minimum atomic E-state index is -1.21. The summed E-state index contributed by atoms with van der Waals surface area (Å²) in [6, 6.07) is 14.3. The maximum atomic E-state index is 15.0. The molecule has 174 valence electrons. The first kappa shape index (κ1) is 23.3. The lowest BCUT2D eigenvalue weighted by molar-refractivity contribution is -0.132. The number of benzene rings is 3. The van der Waals surface area contributed by atoms with E-state index in [1.165, 1.54) is 49.5 Å². The fourth-order valence-electron chi connectivity index (χ4n) is 4.06. The summed E-state index contributed by atoms with van der Waals surface area (Å²) in [7, 11) is 2.77. The summed E-state index contributed by atoms with van der Waals surface area (Å²) in [5, 5.41) is 11.6. The SMILES string of the molecule is COc1cc(/C(O)=C2\C(=O)C(=O)N(c3cccc(C)c3)C2c2ccccc2F)c(OC)cc1Cl. The average molecular weight is 482 g/mol. The van der Waals surface area contributed by atoms with Crippen LogP contribution in [0.1, 0.15) is 22.7 Å². The molecule has 34 heavy (non-hydrogen) atoms. The number of carbonyl (C=O) groups is 2. The van der Waals surface area contributed by atoms with E-state index in [1.54, 1.807) is 24.3 Å². The van der Waals surface area contributed by atoms with Gasteiger partial charge >= 0.3 is 0 Å². The van der Waals surface area contributed by atoms with E-state index >= 15 is 4.39 Å². The summed E-state index contributed by atoms with van der Waals surface area (Å²) < 4.78 is 25.6. The van der Waals surface area contributed by atoms with Gasteiger partial charge in [-0.05, 0) is 36.8 Å². The monoisotopic (exact) mass is 481 g/mol. The fraction of sp³-hybridized carbons (Fsp3) is 0.154. The molecule has 6 nitrogen and oxygen atoms in total. The molecule has 1 saturated heterocycles. The molecular weight excluding hydrogens is 461 g/mol. The Morgan fingerprint density at radius 2 is 1.71 bits per heavy atom. The van der Waals surface area contributed by atoms with Crippen LogP contribution >= 0.6 is 11.6 Å². The van der Waals surface area contributed by atoms with Crippen LogP contribution in [0.5, 0.6) is 11.5 Å². The lowest BCUT2D eigenvalue weighted by Gasteiger charge is -2.26. The molecular formula is C26H21ClFNO5. The molecule has 1 heterocycles. The summed E-state index contributed by atoms with van der Waals surface area (Å²) in [4.78, 5) is 27.7. The highest BCUT2D eigenvalue weighted by molar-refractivity contribution is 6.51.